The topological polar surface area (TPSA) is 83.6 Å². The first-order valence-electron chi connectivity index (χ1n) is 12.9. The van der Waals surface area contributed by atoms with Crippen molar-refractivity contribution in [3.63, 3.8) is 0 Å². The lowest BCUT2D eigenvalue weighted by Gasteiger charge is -2.08. The van der Waals surface area contributed by atoms with Crippen molar-refractivity contribution in [3.8, 4) is 23.0 Å². The van der Waals surface area contributed by atoms with Gasteiger partial charge >= 0.3 is 0 Å². The minimum Gasteiger partial charge on any atom is -0.507 e. The van der Waals surface area contributed by atoms with Gasteiger partial charge in [0.25, 0.3) is 0 Å². The fourth-order valence-electron chi connectivity index (χ4n) is 3.72. The van der Waals surface area contributed by atoms with Gasteiger partial charge in [0.15, 0.2) is 0 Å². The maximum Gasteiger partial charge on any atom is 0.128 e. The van der Waals surface area contributed by atoms with Gasteiger partial charge in [-0.3, -0.25) is 9.98 Å². The Bertz CT molecular complexity index is 1370. The molecule has 4 aromatic rings. The highest BCUT2D eigenvalue weighted by atomic mass is 16.5. The highest BCUT2D eigenvalue weighted by molar-refractivity contribution is 5.84. The second kappa shape index (κ2) is 14.2. The standard InChI is InChI=1S/C34H32N2O4/c1-3-25-5-9-27(10-6-25)23-39-31-15-13-29(33(37)19-31)21-35-17-18-36-22-30-14-16-32(20-34(30)38)40-24-28-11-7-26(4-2)8-12-28/h3-16,19-22,37-38H,1-2,17-18,23-24H2. The summed E-state index contributed by atoms with van der Waals surface area (Å²) in [5.41, 5.74) is 5.35. The van der Waals surface area contributed by atoms with Gasteiger partial charge in [0.2, 0.25) is 0 Å². The summed E-state index contributed by atoms with van der Waals surface area (Å²) in [7, 11) is 0. The van der Waals surface area contributed by atoms with Crippen LogP contribution < -0.4 is 9.47 Å². The first-order valence-corrected chi connectivity index (χ1v) is 12.9. The average Bonchev–Trinajstić information content (AvgIpc) is 2.99. The molecule has 0 fully saturated rings. The molecule has 0 spiro atoms. The van der Waals surface area contributed by atoms with E-state index < -0.39 is 0 Å². The number of nitrogens with zero attached hydrogens (tertiary/aromatic N) is 2. The van der Waals surface area contributed by atoms with E-state index in [0.717, 1.165) is 22.3 Å². The number of aromatic hydroxyl groups is 2. The Hall–Kier alpha value is -5.10. The van der Waals surface area contributed by atoms with Crippen LogP contribution in [0.1, 0.15) is 33.4 Å². The third kappa shape index (κ3) is 8.20. The number of hydrogen-bond donors (Lipinski definition) is 2. The minimum atomic E-state index is 0.0905. The zero-order valence-corrected chi connectivity index (χ0v) is 22.2. The number of benzene rings is 4. The third-order valence-electron chi connectivity index (χ3n) is 6.06. The fourth-order valence-corrected chi connectivity index (χ4v) is 3.72. The van der Waals surface area contributed by atoms with E-state index in [2.05, 4.69) is 23.1 Å². The van der Waals surface area contributed by atoms with E-state index in [1.165, 1.54) is 0 Å². The number of hydrogen-bond acceptors (Lipinski definition) is 6. The van der Waals surface area contributed by atoms with Crippen LogP contribution in [-0.2, 0) is 13.2 Å². The molecule has 0 heterocycles. The Morgan fingerprint density at radius 1 is 0.575 bits per heavy atom. The second-order valence-corrected chi connectivity index (χ2v) is 8.98. The minimum absolute atomic E-state index is 0.0905. The molecule has 2 N–H and O–H groups in total. The lowest BCUT2D eigenvalue weighted by Crippen LogP contribution is -1.96. The molecular weight excluding hydrogens is 500 g/mol. The maximum absolute atomic E-state index is 10.3. The van der Waals surface area contributed by atoms with E-state index in [1.54, 1.807) is 61.0 Å². The molecule has 4 rings (SSSR count). The monoisotopic (exact) mass is 532 g/mol. The molecule has 6 nitrogen and oxygen atoms in total. The predicted octanol–water partition coefficient (Wildman–Crippen LogP) is 7.08. The van der Waals surface area contributed by atoms with Crippen molar-refractivity contribution in [2.75, 3.05) is 13.1 Å². The molecule has 0 atom stereocenters. The van der Waals surface area contributed by atoms with Crippen molar-refractivity contribution in [1.82, 2.24) is 0 Å². The quantitative estimate of drug-likeness (QED) is 0.142. The van der Waals surface area contributed by atoms with Crippen LogP contribution in [0.3, 0.4) is 0 Å². The largest absolute Gasteiger partial charge is 0.507 e. The second-order valence-electron chi connectivity index (χ2n) is 8.98. The molecule has 0 saturated carbocycles. The smallest absolute Gasteiger partial charge is 0.128 e. The predicted molar refractivity (Wildman–Crippen MR) is 163 cm³/mol. The van der Waals surface area contributed by atoms with Crippen molar-refractivity contribution in [1.29, 1.82) is 0 Å². The van der Waals surface area contributed by atoms with Crippen molar-refractivity contribution >= 4 is 24.6 Å². The summed E-state index contributed by atoms with van der Waals surface area (Å²) >= 11 is 0. The van der Waals surface area contributed by atoms with Crippen molar-refractivity contribution in [3.05, 3.63) is 131 Å². The van der Waals surface area contributed by atoms with Gasteiger partial charge in [0, 0.05) is 35.7 Å². The summed E-state index contributed by atoms with van der Waals surface area (Å²) in [5, 5.41) is 20.7. The van der Waals surface area contributed by atoms with E-state index in [9.17, 15) is 10.2 Å². The highest BCUT2D eigenvalue weighted by Gasteiger charge is 2.04. The molecular formula is C34H32N2O4. The molecule has 0 bridgehead atoms. The van der Waals surface area contributed by atoms with Gasteiger partial charge in [0.05, 0.1) is 13.1 Å². The summed E-state index contributed by atoms with van der Waals surface area (Å²) in [6.45, 7) is 9.17. The van der Waals surface area contributed by atoms with Crippen LogP contribution in [0.15, 0.2) is 108 Å². The van der Waals surface area contributed by atoms with Crippen molar-refractivity contribution in [2.24, 2.45) is 9.98 Å². The fraction of sp³-hybridized carbons (Fsp3) is 0.118. The van der Waals surface area contributed by atoms with Crippen LogP contribution in [0.2, 0.25) is 0 Å². The molecule has 0 unspecified atom stereocenters. The summed E-state index contributed by atoms with van der Waals surface area (Å²) in [6.07, 6.45) is 6.80. The van der Waals surface area contributed by atoms with Gasteiger partial charge in [-0.15, -0.1) is 0 Å². The van der Waals surface area contributed by atoms with Crippen molar-refractivity contribution in [2.45, 2.75) is 13.2 Å². The Kier molecular flexibility index (Phi) is 9.89. The van der Waals surface area contributed by atoms with Crippen LogP contribution in [0.4, 0.5) is 0 Å². The van der Waals surface area contributed by atoms with Gasteiger partial charge in [0.1, 0.15) is 36.2 Å². The van der Waals surface area contributed by atoms with Crippen LogP contribution in [-0.4, -0.2) is 35.7 Å². The van der Waals surface area contributed by atoms with Crippen LogP contribution in [0, 0.1) is 0 Å². The molecule has 0 aromatic heterocycles. The van der Waals surface area contributed by atoms with E-state index in [4.69, 9.17) is 9.47 Å². The number of ether oxygens (including phenoxy) is 2. The molecule has 6 heteroatoms. The van der Waals surface area contributed by atoms with Gasteiger partial charge in [-0.2, -0.15) is 0 Å². The number of aliphatic imine (C=N–C) groups is 2. The molecule has 0 aliphatic rings. The van der Waals surface area contributed by atoms with Crippen molar-refractivity contribution < 1.29 is 19.7 Å². The van der Waals surface area contributed by atoms with Crippen LogP contribution in [0.25, 0.3) is 12.2 Å². The number of rotatable bonds is 13. The first-order chi connectivity index (χ1) is 19.5. The van der Waals surface area contributed by atoms with E-state index in [1.807, 2.05) is 48.5 Å². The summed E-state index contributed by atoms with van der Waals surface area (Å²) in [5.74, 6) is 1.33. The lowest BCUT2D eigenvalue weighted by atomic mass is 10.1. The van der Waals surface area contributed by atoms with Gasteiger partial charge < -0.3 is 19.7 Å². The zero-order chi connectivity index (χ0) is 28.2. The lowest BCUT2D eigenvalue weighted by molar-refractivity contribution is 0.304. The van der Waals surface area contributed by atoms with Crippen LogP contribution >= 0.6 is 0 Å². The SMILES string of the molecule is C=Cc1ccc(COc2ccc(C=NCCN=Cc3ccc(OCc4ccc(C=C)cc4)cc3O)c(O)c2)cc1. The zero-order valence-electron chi connectivity index (χ0n) is 22.2. The highest BCUT2D eigenvalue weighted by Crippen LogP contribution is 2.24. The molecule has 0 aliphatic carbocycles. The Balaban J connectivity index is 1.21. The molecule has 0 aliphatic heterocycles. The number of phenols is 2. The molecule has 4 aromatic carbocycles. The van der Waals surface area contributed by atoms with E-state index >= 15 is 0 Å². The first kappa shape index (κ1) is 27.9. The van der Waals surface area contributed by atoms with Gasteiger partial charge in [-0.1, -0.05) is 73.8 Å². The summed E-state index contributed by atoms with van der Waals surface area (Å²) < 4.78 is 11.6. The molecule has 0 saturated heterocycles. The number of phenolic OH excluding ortho intramolecular Hbond substituents is 2. The Morgan fingerprint density at radius 3 is 1.32 bits per heavy atom. The molecule has 0 radical (unpaired) electrons. The summed E-state index contributed by atoms with van der Waals surface area (Å²) in [6, 6.07) is 26.1. The molecule has 0 amide bonds. The van der Waals surface area contributed by atoms with Crippen LogP contribution in [0.5, 0.6) is 23.0 Å². The Labute approximate surface area is 234 Å². The summed E-state index contributed by atoms with van der Waals surface area (Å²) in [4.78, 5) is 8.68. The normalized spacial score (nSPS) is 11.1. The Morgan fingerprint density at radius 2 is 0.975 bits per heavy atom. The maximum atomic E-state index is 10.3. The molecule has 40 heavy (non-hydrogen) atoms. The van der Waals surface area contributed by atoms with E-state index in [-0.39, 0.29) is 11.5 Å². The molecule has 202 valence electrons. The van der Waals surface area contributed by atoms with Gasteiger partial charge in [-0.25, -0.2) is 0 Å². The average molecular weight is 533 g/mol. The van der Waals surface area contributed by atoms with Gasteiger partial charge in [-0.05, 0) is 46.5 Å². The van der Waals surface area contributed by atoms with E-state index in [0.29, 0.717) is 48.9 Å². The third-order valence-corrected chi connectivity index (χ3v) is 6.06.